The maximum atomic E-state index is 12.0. The van der Waals surface area contributed by atoms with Crippen LogP contribution in [0, 0.1) is 6.92 Å². The Morgan fingerprint density at radius 1 is 1.11 bits per heavy atom. The lowest BCUT2D eigenvalue weighted by molar-refractivity contribution is -0.121. The lowest BCUT2D eigenvalue weighted by atomic mass is 10.1. The van der Waals surface area contributed by atoms with Crippen LogP contribution in [-0.4, -0.2) is 22.0 Å². The van der Waals surface area contributed by atoms with E-state index in [2.05, 4.69) is 21.0 Å². The van der Waals surface area contributed by atoms with Gasteiger partial charge in [0.15, 0.2) is 0 Å². The summed E-state index contributed by atoms with van der Waals surface area (Å²) in [5, 5.41) is 4.50. The van der Waals surface area contributed by atoms with E-state index in [1.165, 1.54) is 0 Å². The molecular weight excluding hydrogens is 368 g/mol. The normalized spacial score (nSPS) is 10.4. The molecule has 0 fully saturated rings. The topological polar surface area (TPSA) is 97.1 Å². The second-order valence-electron chi connectivity index (χ2n) is 5.89. The number of benzene rings is 2. The van der Waals surface area contributed by atoms with E-state index in [4.69, 9.17) is 16.1 Å². The molecule has 1 heterocycles. The number of nitrogens with one attached hydrogen (secondary N) is 2. The molecule has 0 saturated carbocycles. The lowest BCUT2D eigenvalue weighted by Crippen LogP contribution is -2.41. The number of hydrogen-bond acceptors (Lipinski definition) is 5. The monoisotopic (exact) mass is 384 g/mol. The van der Waals surface area contributed by atoms with Crippen LogP contribution in [-0.2, 0) is 11.2 Å². The Hall–Kier alpha value is -3.19. The molecule has 2 aromatic carbocycles. The van der Waals surface area contributed by atoms with Crippen molar-refractivity contribution in [2.75, 3.05) is 0 Å². The van der Waals surface area contributed by atoms with Crippen LogP contribution in [0.1, 0.15) is 28.2 Å². The summed E-state index contributed by atoms with van der Waals surface area (Å²) < 4.78 is 5.15. The highest BCUT2D eigenvalue weighted by atomic mass is 35.5. The van der Waals surface area contributed by atoms with E-state index in [1.807, 2.05) is 13.0 Å². The fourth-order valence-electron chi connectivity index (χ4n) is 2.34. The van der Waals surface area contributed by atoms with Crippen LogP contribution in [0.25, 0.3) is 11.4 Å². The molecule has 0 aliphatic carbocycles. The number of aryl methyl sites for hydroxylation is 2. The first-order chi connectivity index (χ1) is 13.0. The van der Waals surface area contributed by atoms with E-state index in [0.29, 0.717) is 22.3 Å². The largest absolute Gasteiger partial charge is 0.339 e. The number of rotatable bonds is 5. The number of hydrogen-bond donors (Lipinski definition) is 2. The van der Waals surface area contributed by atoms with E-state index < -0.39 is 0 Å². The number of carbonyl (C=O) groups is 2. The minimum atomic E-state index is -0.380. The van der Waals surface area contributed by atoms with Crippen LogP contribution in [0.5, 0.6) is 0 Å². The highest BCUT2D eigenvalue weighted by molar-refractivity contribution is 6.30. The van der Waals surface area contributed by atoms with Gasteiger partial charge in [-0.15, -0.1) is 0 Å². The Morgan fingerprint density at radius 2 is 1.89 bits per heavy atom. The quantitative estimate of drug-likeness (QED) is 0.659. The molecule has 0 aliphatic rings. The van der Waals surface area contributed by atoms with Gasteiger partial charge in [0.1, 0.15) is 0 Å². The second-order valence-corrected chi connectivity index (χ2v) is 6.33. The van der Waals surface area contributed by atoms with Gasteiger partial charge in [-0.05, 0) is 43.3 Å². The number of nitrogens with zero attached hydrogens (tertiary/aromatic N) is 2. The molecule has 0 saturated heterocycles. The van der Waals surface area contributed by atoms with Crippen molar-refractivity contribution in [2.24, 2.45) is 0 Å². The van der Waals surface area contributed by atoms with Gasteiger partial charge in [0.05, 0.1) is 0 Å². The molecule has 0 bridgehead atoms. The van der Waals surface area contributed by atoms with Gasteiger partial charge in [-0.3, -0.25) is 20.4 Å². The minimum absolute atomic E-state index is 0.0936. The van der Waals surface area contributed by atoms with E-state index in [9.17, 15) is 9.59 Å². The molecule has 0 spiro atoms. The first-order valence-corrected chi connectivity index (χ1v) is 8.63. The van der Waals surface area contributed by atoms with Crippen LogP contribution in [0.15, 0.2) is 53.1 Å². The Morgan fingerprint density at radius 3 is 2.63 bits per heavy atom. The zero-order valence-corrected chi connectivity index (χ0v) is 15.3. The Bertz CT molecular complexity index is 954. The first-order valence-electron chi connectivity index (χ1n) is 8.25. The summed E-state index contributed by atoms with van der Waals surface area (Å²) in [5.41, 5.74) is 6.95. The Labute approximate surface area is 160 Å². The lowest BCUT2D eigenvalue weighted by Gasteiger charge is -2.07. The van der Waals surface area contributed by atoms with Crippen molar-refractivity contribution >= 4 is 23.4 Å². The summed E-state index contributed by atoms with van der Waals surface area (Å²) in [6.45, 7) is 1.89. The molecule has 1 aromatic heterocycles. The molecule has 0 aliphatic heterocycles. The van der Waals surface area contributed by atoms with E-state index >= 15 is 0 Å². The second kappa shape index (κ2) is 8.46. The standard InChI is InChI=1S/C19H17ClN4O3/c1-12-3-2-4-14(11-12)19(26)23-22-16(25)9-10-17-21-18(24-27-17)13-5-7-15(20)8-6-13/h2-8,11H,9-10H2,1H3,(H,22,25)(H,23,26). The fourth-order valence-corrected chi connectivity index (χ4v) is 2.47. The number of aromatic nitrogens is 2. The molecule has 7 nitrogen and oxygen atoms in total. The Kier molecular flexibility index (Phi) is 5.83. The van der Waals surface area contributed by atoms with Crippen molar-refractivity contribution in [1.29, 1.82) is 0 Å². The summed E-state index contributed by atoms with van der Waals surface area (Å²) in [5.74, 6) is 0.0204. The maximum absolute atomic E-state index is 12.0. The molecule has 3 aromatic rings. The molecular formula is C19H17ClN4O3. The van der Waals surface area contributed by atoms with E-state index in [-0.39, 0.29) is 24.7 Å². The number of halogens is 1. The zero-order chi connectivity index (χ0) is 19.2. The summed E-state index contributed by atoms with van der Waals surface area (Å²) >= 11 is 5.85. The van der Waals surface area contributed by atoms with E-state index in [0.717, 1.165) is 11.1 Å². The minimum Gasteiger partial charge on any atom is -0.339 e. The Balaban J connectivity index is 1.48. The molecule has 138 valence electrons. The van der Waals surface area contributed by atoms with Crippen LogP contribution in [0.3, 0.4) is 0 Å². The molecule has 2 N–H and O–H groups in total. The highest BCUT2D eigenvalue weighted by Crippen LogP contribution is 2.18. The molecule has 0 radical (unpaired) electrons. The first kappa shape index (κ1) is 18.6. The summed E-state index contributed by atoms with van der Waals surface area (Å²) in [4.78, 5) is 28.1. The van der Waals surface area contributed by atoms with Crippen molar-refractivity contribution in [3.05, 3.63) is 70.6 Å². The van der Waals surface area contributed by atoms with Gasteiger partial charge in [-0.1, -0.05) is 34.5 Å². The van der Waals surface area contributed by atoms with Crippen LogP contribution in [0.4, 0.5) is 0 Å². The molecule has 0 atom stereocenters. The van der Waals surface area contributed by atoms with Crippen molar-refractivity contribution < 1.29 is 14.1 Å². The van der Waals surface area contributed by atoms with Crippen LogP contribution in [0.2, 0.25) is 5.02 Å². The van der Waals surface area contributed by atoms with Gasteiger partial charge < -0.3 is 4.52 Å². The maximum Gasteiger partial charge on any atom is 0.269 e. The van der Waals surface area contributed by atoms with Crippen LogP contribution < -0.4 is 10.9 Å². The third kappa shape index (κ3) is 5.15. The van der Waals surface area contributed by atoms with Gasteiger partial charge in [-0.2, -0.15) is 4.98 Å². The predicted molar refractivity (Wildman–Crippen MR) is 99.9 cm³/mol. The van der Waals surface area contributed by atoms with Crippen molar-refractivity contribution in [1.82, 2.24) is 21.0 Å². The summed E-state index contributed by atoms with van der Waals surface area (Å²) in [6.07, 6.45) is 0.350. The van der Waals surface area contributed by atoms with E-state index in [1.54, 1.807) is 42.5 Å². The van der Waals surface area contributed by atoms with Crippen molar-refractivity contribution in [3.63, 3.8) is 0 Å². The van der Waals surface area contributed by atoms with Crippen molar-refractivity contribution in [3.8, 4) is 11.4 Å². The SMILES string of the molecule is Cc1cccc(C(=O)NNC(=O)CCc2nc(-c3ccc(Cl)cc3)no2)c1. The van der Waals surface area contributed by atoms with Crippen LogP contribution >= 0.6 is 11.6 Å². The third-order valence-corrected chi connectivity index (χ3v) is 3.98. The van der Waals surface area contributed by atoms with Crippen molar-refractivity contribution in [2.45, 2.75) is 19.8 Å². The zero-order valence-electron chi connectivity index (χ0n) is 14.5. The van der Waals surface area contributed by atoms with Gasteiger partial charge >= 0.3 is 0 Å². The molecule has 0 unspecified atom stereocenters. The smallest absolute Gasteiger partial charge is 0.269 e. The fraction of sp³-hybridized carbons (Fsp3) is 0.158. The third-order valence-electron chi connectivity index (χ3n) is 3.73. The van der Waals surface area contributed by atoms with Gasteiger partial charge in [0.2, 0.25) is 17.6 Å². The molecule has 8 heteroatoms. The molecule has 3 rings (SSSR count). The average Bonchev–Trinajstić information content (AvgIpc) is 3.14. The van der Waals surface area contributed by atoms with Gasteiger partial charge in [-0.25, -0.2) is 0 Å². The number of carbonyl (C=O) groups excluding carboxylic acids is 2. The molecule has 2 amide bonds. The average molecular weight is 385 g/mol. The summed E-state index contributed by atoms with van der Waals surface area (Å²) in [7, 11) is 0. The predicted octanol–water partition coefficient (Wildman–Crippen LogP) is 3.09. The van der Waals surface area contributed by atoms with Gasteiger partial charge in [0, 0.05) is 29.0 Å². The summed E-state index contributed by atoms with van der Waals surface area (Å²) in [6, 6.07) is 14.1. The number of hydrazine groups is 1. The highest BCUT2D eigenvalue weighted by Gasteiger charge is 2.12. The number of amides is 2. The molecule has 27 heavy (non-hydrogen) atoms. The van der Waals surface area contributed by atoms with Gasteiger partial charge in [0.25, 0.3) is 5.91 Å².